The molecule has 5 rings (SSSR count). The number of nitrogens with one attached hydrogen (secondary N) is 1. The molecule has 4 atom stereocenters. The normalized spacial score (nSPS) is 25.4. The van der Waals surface area contributed by atoms with Gasteiger partial charge in [0.05, 0.1) is 11.4 Å². The van der Waals surface area contributed by atoms with E-state index < -0.39 is 36.6 Å². The molecule has 0 unspecified atom stereocenters. The molecule has 5 N–H and O–H groups in total. The summed E-state index contributed by atoms with van der Waals surface area (Å²) in [5, 5.41) is 24.6. The van der Waals surface area contributed by atoms with Crippen LogP contribution in [0, 0.1) is 5.82 Å². The number of ether oxygens (including phenoxy) is 1. The van der Waals surface area contributed by atoms with E-state index in [0.717, 1.165) is 17.3 Å². The second-order valence-corrected chi connectivity index (χ2v) is 8.17. The van der Waals surface area contributed by atoms with Crippen LogP contribution in [0.1, 0.15) is 35.6 Å². The van der Waals surface area contributed by atoms with E-state index in [4.69, 9.17) is 10.5 Å². The SMILES string of the molecule is Nc1ncnc2c1c(F)cn2[C@@H]1C[C@H](Oc2cc(C(F)F)cc3c2CNCC3)[C@@H](O)[C@H]1O. The zero-order chi connectivity index (χ0) is 22.6. The first-order valence-corrected chi connectivity index (χ1v) is 10.3. The summed E-state index contributed by atoms with van der Waals surface area (Å²) in [5.74, 6) is -0.430. The average Bonchev–Trinajstić information content (AvgIpc) is 3.25. The number of fused-ring (bicyclic) bond motifs is 2. The number of aliphatic hydroxyl groups is 2. The van der Waals surface area contributed by atoms with Gasteiger partial charge in [0.15, 0.2) is 5.82 Å². The third-order valence-corrected chi connectivity index (χ3v) is 6.28. The highest BCUT2D eigenvalue weighted by atomic mass is 19.3. The zero-order valence-corrected chi connectivity index (χ0v) is 16.9. The molecule has 2 aliphatic rings. The van der Waals surface area contributed by atoms with Crippen LogP contribution in [0.25, 0.3) is 11.0 Å². The Balaban J connectivity index is 1.48. The van der Waals surface area contributed by atoms with Crippen LogP contribution in [0.2, 0.25) is 0 Å². The number of halogens is 3. The lowest BCUT2D eigenvalue weighted by atomic mass is 9.97. The molecule has 170 valence electrons. The first-order valence-electron chi connectivity index (χ1n) is 10.3. The van der Waals surface area contributed by atoms with Crippen molar-refractivity contribution in [3.63, 3.8) is 0 Å². The number of nitrogens with two attached hydrogens (primary N) is 1. The number of hydrogen-bond donors (Lipinski definition) is 4. The Morgan fingerprint density at radius 1 is 1.22 bits per heavy atom. The molecule has 3 heterocycles. The van der Waals surface area contributed by atoms with Gasteiger partial charge in [-0.2, -0.15) is 0 Å². The fourth-order valence-corrected chi connectivity index (χ4v) is 4.66. The highest BCUT2D eigenvalue weighted by Crippen LogP contribution is 2.39. The number of nitrogens with zero attached hydrogens (tertiary/aromatic N) is 3. The van der Waals surface area contributed by atoms with Crippen molar-refractivity contribution >= 4 is 16.9 Å². The maximum Gasteiger partial charge on any atom is 0.263 e. The third-order valence-electron chi connectivity index (χ3n) is 6.28. The van der Waals surface area contributed by atoms with Crippen molar-refractivity contribution in [2.24, 2.45) is 0 Å². The smallest absolute Gasteiger partial charge is 0.263 e. The molecular formula is C21H22F3N5O3. The van der Waals surface area contributed by atoms with Crippen molar-refractivity contribution in [3.8, 4) is 5.75 Å². The van der Waals surface area contributed by atoms with Crippen LogP contribution in [-0.4, -0.2) is 49.6 Å². The molecule has 1 aromatic carbocycles. The number of benzene rings is 1. The topological polar surface area (TPSA) is 118 Å². The molecule has 0 spiro atoms. The molecule has 8 nitrogen and oxygen atoms in total. The minimum absolute atomic E-state index is 0.0309. The number of hydrogen-bond acceptors (Lipinski definition) is 7. The van der Waals surface area contributed by atoms with Gasteiger partial charge in [0.25, 0.3) is 6.43 Å². The number of aromatic nitrogens is 3. The molecule has 0 amide bonds. The molecule has 32 heavy (non-hydrogen) atoms. The van der Waals surface area contributed by atoms with Crippen LogP contribution in [0.3, 0.4) is 0 Å². The Kier molecular flexibility index (Phi) is 5.19. The molecule has 1 saturated carbocycles. The van der Waals surface area contributed by atoms with E-state index in [9.17, 15) is 23.4 Å². The van der Waals surface area contributed by atoms with Crippen molar-refractivity contribution in [1.82, 2.24) is 19.9 Å². The quantitative estimate of drug-likeness (QED) is 0.480. The van der Waals surface area contributed by atoms with Crippen LogP contribution in [0.15, 0.2) is 24.7 Å². The van der Waals surface area contributed by atoms with Gasteiger partial charge in [-0.05, 0) is 30.7 Å². The number of rotatable bonds is 4. The molecule has 2 aromatic heterocycles. The standard InChI is InChI=1S/C21H22F3N5O3/c22-12-7-29(21-16(12)20(25)27-8-28-21)13-5-15(18(31)17(13)30)32-14-4-10(19(23)24)3-9-1-2-26-6-11(9)14/h3-4,7-8,13,15,17-19,26,30-31H,1-2,5-6H2,(H2,25,27,28)/t13-,15+,17+,18-/m1/s1. The maximum absolute atomic E-state index is 14.5. The third kappa shape index (κ3) is 3.37. The summed E-state index contributed by atoms with van der Waals surface area (Å²) >= 11 is 0. The summed E-state index contributed by atoms with van der Waals surface area (Å²) in [6.07, 6.45) is -3.13. The second-order valence-electron chi connectivity index (χ2n) is 8.17. The Morgan fingerprint density at radius 3 is 2.81 bits per heavy atom. The predicted molar refractivity (Wildman–Crippen MR) is 109 cm³/mol. The minimum atomic E-state index is -2.66. The lowest BCUT2D eigenvalue weighted by molar-refractivity contribution is -0.0167. The van der Waals surface area contributed by atoms with E-state index in [-0.39, 0.29) is 34.6 Å². The van der Waals surface area contributed by atoms with Gasteiger partial charge >= 0.3 is 0 Å². The summed E-state index contributed by atoms with van der Waals surface area (Å²) in [6, 6.07) is 2.00. The lowest BCUT2D eigenvalue weighted by Crippen LogP contribution is -2.35. The van der Waals surface area contributed by atoms with E-state index in [0.29, 0.717) is 19.5 Å². The lowest BCUT2D eigenvalue weighted by Gasteiger charge is -2.25. The van der Waals surface area contributed by atoms with Crippen LogP contribution in [-0.2, 0) is 13.0 Å². The molecule has 3 aromatic rings. The van der Waals surface area contributed by atoms with Gasteiger partial charge in [-0.1, -0.05) is 0 Å². The summed E-state index contributed by atoms with van der Waals surface area (Å²) in [4.78, 5) is 7.86. The van der Waals surface area contributed by atoms with Gasteiger partial charge in [0.2, 0.25) is 0 Å². The van der Waals surface area contributed by atoms with Crippen molar-refractivity contribution in [2.75, 3.05) is 12.3 Å². The van der Waals surface area contributed by atoms with E-state index in [1.54, 1.807) is 0 Å². The Bertz CT molecular complexity index is 1170. The van der Waals surface area contributed by atoms with Crippen LogP contribution < -0.4 is 15.8 Å². The molecule has 1 aliphatic heterocycles. The average molecular weight is 449 g/mol. The van der Waals surface area contributed by atoms with Crippen molar-refractivity contribution in [3.05, 3.63) is 47.2 Å². The molecule has 1 aliphatic carbocycles. The summed E-state index contributed by atoms with van der Waals surface area (Å²) in [6.45, 7) is 1.12. The van der Waals surface area contributed by atoms with Crippen molar-refractivity contribution in [2.45, 2.75) is 50.2 Å². The van der Waals surface area contributed by atoms with Crippen LogP contribution >= 0.6 is 0 Å². The van der Waals surface area contributed by atoms with E-state index in [1.807, 2.05) is 0 Å². The summed E-state index contributed by atoms with van der Waals surface area (Å²) < 4.78 is 48.7. The minimum Gasteiger partial charge on any atom is -0.487 e. The highest BCUT2D eigenvalue weighted by molar-refractivity contribution is 5.86. The summed E-state index contributed by atoms with van der Waals surface area (Å²) in [5.41, 5.74) is 7.31. The fraction of sp³-hybridized carbons (Fsp3) is 0.429. The molecule has 11 heteroatoms. The van der Waals surface area contributed by atoms with Crippen molar-refractivity contribution in [1.29, 1.82) is 0 Å². The van der Waals surface area contributed by atoms with E-state index in [2.05, 4.69) is 15.3 Å². The molecular weight excluding hydrogens is 427 g/mol. The fourth-order valence-electron chi connectivity index (χ4n) is 4.66. The van der Waals surface area contributed by atoms with Crippen LogP contribution in [0.5, 0.6) is 5.75 Å². The molecule has 0 saturated heterocycles. The van der Waals surface area contributed by atoms with Crippen LogP contribution in [0.4, 0.5) is 19.0 Å². The number of alkyl halides is 2. The number of anilines is 1. The predicted octanol–water partition coefficient (Wildman–Crippen LogP) is 1.85. The Hall–Kier alpha value is -2.89. The molecule has 1 fully saturated rings. The first-order chi connectivity index (χ1) is 15.3. The van der Waals surface area contributed by atoms with Gasteiger partial charge in [0.1, 0.15) is 41.9 Å². The van der Waals surface area contributed by atoms with E-state index in [1.165, 1.54) is 23.0 Å². The highest BCUT2D eigenvalue weighted by Gasteiger charge is 2.45. The van der Waals surface area contributed by atoms with Gasteiger partial charge in [-0.15, -0.1) is 0 Å². The van der Waals surface area contributed by atoms with Gasteiger partial charge < -0.3 is 30.6 Å². The molecule has 0 radical (unpaired) electrons. The van der Waals surface area contributed by atoms with E-state index >= 15 is 0 Å². The van der Waals surface area contributed by atoms with Gasteiger partial charge in [-0.3, -0.25) is 0 Å². The van der Waals surface area contributed by atoms with Gasteiger partial charge in [0, 0.05) is 30.3 Å². The zero-order valence-electron chi connectivity index (χ0n) is 16.9. The van der Waals surface area contributed by atoms with Crippen molar-refractivity contribution < 1.29 is 28.1 Å². The monoisotopic (exact) mass is 449 g/mol. The summed E-state index contributed by atoms with van der Waals surface area (Å²) in [7, 11) is 0. The first kappa shape index (κ1) is 21.0. The number of aliphatic hydroxyl groups excluding tert-OH is 2. The Morgan fingerprint density at radius 2 is 2.03 bits per heavy atom. The maximum atomic E-state index is 14.5. The molecule has 0 bridgehead atoms. The Labute approximate surface area is 180 Å². The second kappa shape index (κ2) is 7.91. The van der Waals surface area contributed by atoms with Gasteiger partial charge in [-0.25, -0.2) is 23.1 Å². The number of nitrogen functional groups attached to an aromatic ring is 1. The largest absolute Gasteiger partial charge is 0.487 e.